The number of benzene rings is 1. The van der Waals surface area contributed by atoms with Crippen LogP contribution in [0.4, 0.5) is 5.69 Å². The van der Waals surface area contributed by atoms with Crippen molar-refractivity contribution in [1.29, 1.82) is 0 Å². The molecule has 2 N–H and O–H groups in total. The fourth-order valence-electron chi connectivity index (χ4n) is 2.36. The summed E-state index contributed by atoms with van der Waals surface area (Å²) >= 11 is 3.40. The normalized spacial score (nSPS) is 15.7. The molecule has 0 unspecified atom stereocenters. The Labute approximate surface area is 127 Å². The van der Waals surface area contributed by atoms with Crippen molar-refractivity contribution in [2.75, 3.05) is 5.32 Å². The quantitative estimate of drug-likeness (QED) is 0.814. The molecular formula is C15H19BrN2O2. The number of hydrogen-bond donors (Lipinski definition) is 2. The van der Waals surface area contributed by atoms with Crippen LogP contribution in [0.5, 0.6) is 0 Å². The largest absolute Gasteiger partial charge is 0.345 e. The molecule has 0 radical (unpaired) electrons. The summed E-state index contributed by atoms with van der Waals surface area (Å²) < 4.78 is 0.906. The maximum Gasteiger partial charge on any atom is 0.313 e. The van der Waals surface area contributed by atoms with Crippen LogP contribution < -0.4 is 10.6 Å². The molecule has 0 saturated heterocycles. The molecule has 1 aromatic rings. The first-order chi connectivity index (χ1) is 9.56. The van der Waals surface area contributed by atoms with Crippen LogP contribution in [0.15, 0.2) is 22.7 Å². The summed E-state index contributed by atoms with van der Waals surface area (Å²) in [5, 5.41) is 5.42. The lowest BCUT2D eigenvalue weighted by Crippen LogP contribution is -2.42. The van der Waals surface area contributed by atoms with Gasteiger partial charge in [-0.3, -0.25) is 9.59 Å². The molecule has 1 aromatic carbocycles. The van der Waals surface area contributed by atoms with E-state index in [1.165, 1.54) is 6.42 Å². The van der Waals surface area contributed by atoms with Gasteiger partial charge in [0.15, 0.2) is 0 Å². The number of nitrogens with one attached hydrogen (secondary N) is 2. The van der Waals surface area contributed by atoms with E-state index in [-0.39, 0.29) is 6.04 Å². The van der Waals surface area contributed by atoms with Crippen molar-refractivity contribution in [3.63, 3.8) is 0 Å². The molecule has 1 aliphatic rings. The summed E-state index contributed by atoms with van der Waals surface area (Å²) in [4.78, 5) is 23.7. The van der Waals surface area contributed by atoms with Gasteiger partial charge in [0.1, 0.15) is 0 Å². The minimum Gasteiger partial charge on any atom is -0.345 e. The van der Waals surface area contributed by atoms with Crippen LogP contribution in [0.3, 0.4) is 0 Å². The Bertz CT molecular complexity index is 511. The van der Waals surface area contributed by atoms with Crippen molar-refractivity contribution < 1.29 is 9.59 Å². The first-order valence-corrected chi connectivity index (χ1v) is 7.73. The predicted molar refractivity (Wildman–Crippen MR) is 82.5 cm³/mol. The maximum atomic E-state index is 11.8. The van der Waals surface area contributed by atoms with Gasteiger partial charge in [0.2, 0.25) is 0 Å². The summed E-state index contributed by atoms with van der Waals surface area (Å²) in [6, 6.07) is 5.61. The van der Waals surface area contributed by atoms with E-state index >= 15 is 0 Å². The summed E-state index contributed by atoms with van der Waals surface area (Å²) in [5.74, 6) is -1.15. The number of halogens is 1. The second-order valence-electron chi connectivity index (χ2n) is 5.23. The molecule has 20 heavy (non-hydrogen) atoms. The molecule has 1 aliphatic carbocycles. The van der Waals surface area contributed by atoms with Gasteiger partial charge in [-0.05, 0) is 37.5 Å². The highest BCUT2D eigenvalue weighted by Gasteiger charge is 2.20. The van der Waals surface area contributed by atoms with Gasteiger partial charge in [0, 0.05) is 16.2 Å². The zero-order chi connectivity index (χ0) is 14.5. The van der Waals surface area contributed by atoms with Gasteiger partial charge >= 0.3 is 11.8 Å². The molecule has 1 fully saturated rings. The topological polar surface area (TPSA) is 58.2 Å². The van der Waals surface area contributed by atoms with Crippen LogP contribution in [-0.4, -0.2) is 17.9 Å². The molecule has 108 valence electrons. The highest BCUT2D eigenvalue weighted by atomic mass is 79.9. The third-order valence-corrected chi connectivity index (χ3v) is 4.43. The van der Waals surface area contributed by atoms with Gasteiger partial charge < -0.3 is 10.6 Å². The van der Waals surface area contributed by atoms with Crippen LogP contribution in [-0.2, 0) is 9.59 Å². The Balaban J connectivity index is 1.89. The minimum absolute atomic E-state index is 0.145. The van der Waals surface area contributed by atoms with E-state index < -0.39 is 11.8 Å². The number of carbonyl (C=O) groups excluding carboxylic acids is 2. The summed E-state index contributed by atoms with van der Waals surface area (Å²) in [6.07, 6.45) is 5.40. The molecule has 0 aromatic heterocycles. The van der Waals surface area contributed by atoms with Gasteiger partial charge in [-0.1, -0.05) is 41.3 Å². The Morgan fingerprint density at radius 3 is 2.50 bits per heavy atom. The lowest BCUT2D eigenvalue weighted by molar-refractivity contribution is -0.136. The number of carbonyl (C=O) groups is 2. The summed E-state index contributed by atoms with van der Waals surface area (Å²) in [5.41, 5.74) is 1.70. The van der Waals surface area contributed by atoms with Crippen molar-refractivity contribution in [2.45, 2.75) is 45.1 Å². The Morgan fingerprint density at radius 2 is 1.85 bits per heavy atom. The van der Waals surface area contributed by atoms with Crippen molar-refractivity contribution in [3.8, 4) is 0 Å². The Kier molecular flexibility index (Phi) is 5.17. The molecule has 0 atom stereocenters. The van der Waals surface area contributed by atoms with E-state index in [0.717, 1.165) is 35.7 Å². The van der Waals surface area contributed by atoms with Crippen molar-refractivity contribution >= 4 is 33.4 Å². The number of aryl methyl sites for hydroxylation is 1. The van der Waals surface area contributed by atoms with Crippen molar-refractivity contribution in [1.82, 2.24) is 5.32 Å². The highest BCUT2D eigenvalue weighted by Crippen LogP contribution is 2.21. The second-order valence-corrected chi connectivity index (χ2v) is 6.08. The number of rotatable bonds is 2. The van der Waals surface area contributed by atoms with E-state index in [4.69, 9.17) is 0 Å². The van der Waals surface area contributed by atoms with E-state index in [1.807, 2.05) is 13.0 Å². The molecular weight excluding hydrogens is 320 g/mol. The Hall–Kier alpha value is -1.36. The van der Waals surface area contributed by atoms with Gasteiger partial charge in [0.05, 0.1) is 0 Å². The molecule has 4 nitrogen and oxygen atoms in total. The third kappa shape index (κ3) is 4.07. The average molecular weight is 339 g/mol. The van der Waals surface area contributed by atoms with Crippen LogP contribution in [0.1, 0.15) is 37.7 Å². The van der Waals surface area contributed by atoms with Crippen molar-refractivity contribution in [3.05, 3.63) is 28.2 Å². The minimum atomic E-state index is -0.605. The van der Waals surface area contributed by atoms with E-state index in [1.54, 1.807) is 12.1 Å². The SMILES string of the molecule is Cc1ccc(NC(=O)C(=O)NC2CCCCC2)cc1Br. The molecule has 0 spiro atoms. The highest BCUT2D eigenvalue weighted by molar-refractivity contribution is 9.10. The molecule has 2 amide bonds. The smallest absolute Gasteiger partial charge is 0.313 e. The number of hydrogen-bond acceptors (Lipinski definition) is 2. The monoisotopic (exact) mass is 338 g/mol. The van der Waals surface area contributed by atoms with E-state index in [9.17, 15) is 9.59 Å². The van der Waals surface area contributed by atoms with E-state index in [2.05, 4.69) is 26.6 Å². The fraction of sp³-hybridized carbons (Fsp3) is 0.467. The fourth-order valence-corrected chi connectivity index (χ4v) is 2.74. The number of amides is 2. The molecule has 0 heterocycles. The zero-order valence-corrected chi connectivity index (χ0v) is 13.1. The van der Waals surface area contributed by atoms with Crippen molar-refractivity contribution in [2.24, 2.45) is 0 Å². The molecule has 1 saturated carbocycles. The third-order valence-electron chi connectivity index (χ3n) is 3.58. The maximum absolute atomic E-state index is 11.8. The van der Waals surface area contributed by atoms with Crippen LogP contribution in [0, 0.1) is 6.92 Å². The standard InChI is InChI=1S/C15H19BrN2O2/c1-10-7-8-12(9-13(10)16)18-15(20)14(19)17-11-5-3-2-4-6-11/h7-9,11H,2-6H2,1H3,(H,17,19)(H,18,20). The zero-order valence-electron chi connectivity index (χ0n) is 11.5. The first-order valence-electron chi connectivity index (χ1n) is 6.94. The van der Waals surface area contributed by atoms with Crippen LogP contribution in [0.2, 0.25) is 0 Å². The summed E-state index contributed by atoms with van der Waals surface area (Å²) in [7, 11) is 0. The summed E-state index contributed by atoms with van der Waals surface area (Å²) in [6.45, 7) is 1.96. The van der Waals surface area contributed by atoms with Gasteiger partial charge in [-0.2, -0.15) is 0 Å². The van der Waals surface area contributed by atoms with Gasteiger partial charge in [-0.25, -0.2) is 0 Å². The molecule has 0 bridgehead atoms. The lowest BCUT2D eigenvalue weighted by atomic mass is 9.95. The van der Waals surface area contributed by atoms with Crippen LogP contribution in [0.25, 0.3) is 0 Å². The average Bonchev–Trinajstić information content (AvgIpc) is 2.44. The molecule has 0 aliphatic heterocycles. The van der Waals surface area contributed by atoms with Gasteiger partial charge in [-0.15, -0.1) is 0 Å². The predicted octanol–water partition coefficient (Wildman–Crippen LogP) is 3.14. The first kappa shape index (κ1) is 15.0. The van der Waals surface area contributed by atoms with E-state index in [0.29, 0.717) is 5.69 Å². The second kappa shape index (κ2) is 6.88. The Morgan fingerprint density at radius 1 is 1.15 bits per heavy atom. The van der Waals surface area contributed by atoms with Gasteiger partial charge in [0.25, 0.3) is 0 Å². The molecule has 2 rings (SSSR count). The number of anilines is 1. The molecule has 5 heteroatoms. The van der Waals surface area contributed by atoms with Crippen LogP contribution >= 0.6 is 15.9 Å². The lowest BCUT2D eigenvalue weighted by Gasteiger charge is -2.22.